The van der Waals surface area contributed by atoms with Gasteiger partial charge in [-0.1, -0.05) is 54.1 Å². The summed E-state index contributed by atoms with van der Waals surface area (Å²) in [4.78, 5) is 27.8. The van der Waals surface area contributed by atoms with Crippen LogP contribution in [0.25, 0.3) is 0 Å². The summed E-state index contributed by atoms with van der Waals surface area (Å²) in [6.45, 7) is -0.101. The van der Waals surface area contributed by atoms with E-state index in [-0.39, 0.29) is 18.5 Å². The van der Waals surface area contributed by atoms with Gasteiger partial charge < -0.3 is 5.32 Å². The molecule has 25 heavy (non-hydrogen) atoms. The second kappa shape index (κ2) is 7.77. The smallest absolute Gasteiger partial charge is 0.344 e. The molecule has 126 valence electrons. The van der Waals surface area contributed by atoms with Crippen molar-refractivity contribution in [1.82, 2.24) is 14.9 Å². The molecule has 0 bridgehead atoms. The van der Waals surface area contributed by atoms with E-state index >= 15 is 0 Å². The molecule has 0 fully saturated rings. The van der Waals surface area contributed by atoms with Gasteiger partial charge in [-0.25, -0.2) is 9.78 Å². The number of nitrogens with one attached hydrogen (secondary N) is 1. The van der Waals surface area contributed by atoms with E-state index < -0.39 is 5.69 Å². The summed E-state index contributed by atoms with van der Waals surface area (Å²) < 4.78 is 1.26. The molecule has 3 aromatic rings. The molecule has 0 spiro atoms. The van der Waals surface area contributed by atoms with Gasteiger partial charge in [-0.05, 0) is 29.3 Å². The van der Waals surface area contributed by atoms with Crippen molar-refractivity contribution in [2.24, 2.45) is 0 Å². The maximum atomic E-state index is 12.5. The monoisotopic (exact) mass is 353 g/mol. The van der Waals surface area contributed by atoms with Crippen molar-refractivity contribution in [3.05, 3.63) is 99.7 Å². The zero-order valence-electron chi connectivity index (χ0n) is 13.3. The minimum Gasteiger partial charge on any atom is -0.344 e. The normalized spacial score (nSPS) is 11.7. The highest BCUT2D eigenvalue weighted by molar-refractivity contribution is 6.30. The van der Waals surface area contributed by atoms with Gasteiger partial charge in [0, 0.05) is 17.4 Å². The lowest BCUT2D eigenvalue weighted by Crippen LogP contribution is -2.35. The zero-order chi connectivity index (χ0) is 17.6. The number of hydrogen-bond acceptors (Lipinski definition) is 3. The van der Waals surface area contributed by atoms with Crippen molar-refractivity contribution in [2.45, 2.75) is 12.6 Å². The molecule has 0 saturated carbocycles. The fourth-order valence-corrected chi connectivity index (χ4v) is 2.76. The molecule has 0 saturated heterocycles. The van der Waals surface area contributed by atoms with Gasteiger partial charge in [0.25, 0.3) is 0 Å². The van der Waals surface area contributed by atoms with E-state index in [1.54, 1.807) is 12.1 Å². The van der Waals surface area contributed by atoms with Crippen LogP contribution in [0.3, 0.4) is 0 Å². The summed E-state index contributed by atoms with van der Waals surface area (Å²) >= 11 is 6.10. The first-order valence-corrected chi connectivity index (χ1v) is 8.12. The van der Waals surface area contributed by atoms with Gasteiger partial charge in [-0.2, -0.15) is 0 Å². The van der Waals surface area contributed by atoms with Gasteiger partial charge in [-0.15, -0.1) is 0 Å². The molecule has 3 rings (SSSR count). The highest BCUT2D eigenvalue weighted by Crippen LogP contribution is 2.24. The second-order valence-electron chi connectivity index (χ2n) is 5.50. The first-order chi connectivity index (χ1) is 12.1. The van der Waals surface area contributed by atoms with Gasteiger partial charge in [0.05, 0.1) is 6.04 Å². The average molecular weight is 354 g/mol. The summed E-state index contributed by atoms with van der Waals surface area (Å²) in [7, 11) is 0. The predicted octanol–water partition coefficient (Wildman–Crippen LogP) is 2.80. The van der Waals surface area contributed by atoms with Crippen molar-refractivity contribution in [1.29, 1.82) is 0 Å². The van der Waals surface area contributed by atoms with Gasteiger partial charge in [0.15, 0.2) is 0 Å². The predicted molar refractivity (Wildman–Crippen MR) is 96.4 cm³/mol. The fraction of sp³-hybridized carbons (Fsp3) is 0.105. The first kappa shape index (κ1) is 16.9. The van der Waals surface area contributed by atoms with Gasteiger partial charge in [-0.3, -0.25) is 9.36 Å². The Balaban J connectivity index is 1.86. The minimum atomic E-state index is -0.461. The second-order valence-corrected chi connectivity index (χ2v) is 5.93. The molecule has 5 nitrogen and oxygen atoms in total. The highest BCUT2D eigenvalue weighted by atomic mass is 35.5. The van der Waals surface area contributed by atoms with Crippen LogP contribution >= 0.6 is 11.6 Å². The third kappa shape index (κ3) is 4.33. The molecule has 2 aromatic carbocycles. The van der Waals surface area contributed by atoms with Crippen molar-refractivity contribution < 1.29 is 4.79 Å². The lowest BCUT2D eigenvalue weighted by atomic mass is 9.98. The Labute approximate surface area is 149 Å². The number of hydrogen-bond donors (Lipinski definition) is 1. The van der Waals surface area contributed by atoms with Gasteiger partial charge in [0.1, 0.15) is 6.54 Å². The molecule has 6 heteroatoms. The Morgan fingerprint density at radius 3 is 2.56 bits per heavy atom. The molecular formula is C19H16ClN3O2. The van der Waals surface area contributed by atoms with Crippen LogP contribution in [0.5, 0.6) is 0 Å². The molecular weight excluding hydrogens is 338 g/mol. The molecule has 1 aromatic heterocycles. The third-order valence-electron chi connectivity index (χ3n) is 3.72. The van der Waals surface area contributed by atoms with Crippen LogP contribution in [0.4, 0.5) is 0 Å². The van der Waals surface area contributed by atoms with Crippen LogP contribution in [-0.4, -0.2) is 15.5 Å². The SMILES string of the molecule is O=C(Cn1cccnc1=O)N[C@H](c1ccccc1)c1cccc(Cl)c1. The van der Waals surface area contributed by atoms with E-state index in [1.807, 2.05) is 48.5 Å². The molecule has 1 atom stereocenters. The molecule has 0 aliphatic carbocycles. The van der Waals surface area contributed by atoms with Crippen molar-refractivity contribution in [2.75, 3.05) is 0 Å². The highest BCUT2D eigenvalue weighted by Gasteiger charge is 2.17. The third-order valence-corrected chi connectivity index (χ3v) is 3.95. The Morgan fingerprint density at radius 1 is 1.08 bits per heavy atom. The number of benzene rings is 2. The van der Waals surface area contributed by atoms with E-state index in [4.69, 9.17) is 11.6 Å². The molecule has 1 heterocycles. The van der Waals surface area contributed by atoms with Crippen LogP contribution in [0.15, 0.2) is 77.9 Å². The summed E-state index contributed by atoms with van der Waals surface area (Å²) in [5.41, 5.74) is 1.33. The number of carbonyl (C=O) groups is 1. The molecule has 0 aliphatic heterocycles. The number of carbonyl (C=O) groups excluding carboxylic acids is 1. The Kier molecular flexibility index (Phi) is 5.26. The Hall–Kier alpha value is -2.92. The Bertz CT molecular complexity index is 925. The summed E-state index contributed by atoms with van der Waals surface area (Å²) in [6.07, 6.45) is 2.93. The molecule has 1 N–H and O–H groups in total. The van der Waals surface area contributed by atoms with Crippen LogP contribution in [0, 0.1) is 0 Å². The first-order valence-electron chi connectivity index (χ1n) is 7.75. The zero-order valence-corrected chi connectivity index (χ0v) is 14.1. The van der Waals surface area contributed by atoms with E-state index in [1.165, 1.54) is 17.0 Å². The van der Waals surface area contributed by atoms with E-state index in [2.05, 4.69) is 10.3 Å². The number of aromatic nitrogens is 2. The van der Waals surface area contributed by atoms with Crippen LogP contribution in [0.2, 0.25) is 5.02 Å². The van der Waals surface area contributed by atoms with Crippen LogP contribution in [-0.2, 0) is 11.3 Å². The van der Waals surface area contributed by atoms with Crippen molar-refractivity contribution >= 4 is 17.5 Å². The molecule has 0 radical (unpaired) electrons. The van der Waals surface area contributed by atoms with Crippen molar-refractivity contribution in [3.63, 3.8) is 0 Å². The van der Waals surface area contributed by atoms with Crippen LogP contribution < -0.4 is 11.0 Å². The van der Waals surface area contributed by atoms with E-state index in [0.717, 1.165) is 11.1 Å². The average Bonchev–Trinajstić information content (AvgIpc) is 2.62. The topological polar surface area (TPSA) is 64.0 Å². The maximum Gasteiger partial charge on any atom is 0.347 e. The number of amides is 1. The lowest BCUT2D eigenvalue weighted by Gasteiger charge is -2.20. The largest absolute Gasteiger partial charge is 0.347 e. The number of rotatable bonds is 5. The fourth-order valence-electron chi connectivity index (χ4n) is 2.56. The summed E-state index contributed by atoms with van der Waals surface area (Å²) in [5, 5.41) is 3.56. The number of nitrogens with zero attached hydrogens (tertiary/aromatic N) is 2. The van der Waals surface area contributed by atoms with E-state index in [9.17, 15) is 9.59 Å². The van der Waals surface area contributed by atoms with E-state index in [0.29, 0.717) is 5.02 Å². The molecule has 1 amide bonds. The summed E-state index contributed by atoms with van der Waals surface area (Å²) in [5.74, 6) is -0.288. The standard InChI is InChI=1S/C19H16ClN3O2/c20-16-9-4-8-15(12-16)18(14-6-2-1-3-7-14)22-17(24)13-23-11-5-10-21-19(23)25/h1-12,18H,13H2,(H,22,24)/t18-/m1/s1. The number of halogens is 1. The van der Waals surface area contributed by atoms with Crippen LogP contribution in [0.1, 0.15) is 17.2 Å². The van der Waals surface area contributed by atoms with Gasteiger partial charge >= 0.3 is 5.69 Å². The lowest BCUT2D eigenvalue weighted by molar-refractivity contribution is -0.122. The molecule has 0 aliphatic rings. The molecule has 0 unspecified atom stereocenters. The quantitative estimate of drug-likeness (QED) is 0.767. The van der Waals surface area contributed by atoms with Gasteiger partial charge in [0.2, 0.25) is 5.91 Å². The summed E-state index contributed by atoms with van der Waals surface area (Å²) in [6, 6.07) is 18.2. The maximum absolute atomic E-state index is 12.5. The minimum absolute atomic E-state index is 0.101. The Morgan fingerprint density at radius 2 is 1.84 bits per heavy atom. The van der Waals surface area contributed by atoms with Crippen molar-refractivity contribution in [3.8, 4) is 0 Å².